The second kappa shape index (κ2) is 3.83. The fraction of sp³-hybridized carbons (Fsp3) is 0.385. The van der Waals surface area contributed by atoms with Crippen molar-refractivity contribution >= 4 is 10.9 Å². The van der Waals surface area contributed by atoms with Crippen molar-refractivity contribution in [2.45, 2.75) is 6.42 Å². The van der Waals surface area contributed by atoms with E-state index in [0.717, 1.165) is 11.1 Å². The Morgan fingerprint density at radius 3 is 2.81 bits per heavy atom. The zero-order chi connectivity index (χ0) is 13.6. The molecule has 1 aromatic carbocycles. The minimum Gasteiger partial charge on any atom is -0.872 e. The second-order valence-electron chi connectivity index (χ2n) is 4.84. The second-order valence-corrected chi connectivity index (χ2v) is 4.84. The number of fused-ring (bicyclic) bond motifs is 1. The highest BCUT2D eigenvalue weighted by atomic mass is 16.3. The Morgan fingerprint density at radius 1 is 1.38 bits per heavy atom. The van der Waals surface area contributed by atoms with Crippen LogP contribution in [-0.2, 0) is 6.42 Å². The molecule has 1 aromatic heterocycles. The first kappa shape index (κ1) is 8.65. The third-order valence-corrected chi connectivity index (χ3v) is 2.49. The van der Waals surface area contributed by atoms with Gasteiger partial charge < -0.3 is 14.6 Å². The van der Waals surface area contributed by atoms with E-state index in [4.69, 9.17) is 2.74 Å². The number of hydrogen-bond donors (Lipinski definition) is 1. The van der Waals surface area contributed by atoms with Crippen LogP contribution in [0.3, 0.4) is 0 Å². The molecular weight excluding hydrogens is 200 g/mol. The third-order valence-electron chi connectivity index (χ3n) is 2.49. The summed E-state index contributed by atoms with van der Waals surface area (Å²) >= 11 is 0. The molecule has 86 valence electrons. The molecule has 0 unspecified atom stereocenters. The molecule has 0 atom stereocenters. The van der Waals surface area contributed by atoms with Crippen LogP contribution in [0, 0.1) is 0 Å². The molecule has 0 fully saturated rings. The molecule has 3 heteroatoms. The minimum atomic E-state index is -1.42. The van der Waals surface area contributed by atoms with E-state index < -0.39 is 6.50 Å². The van der Waals surface area contributed by atoms with E-state index in [1.807, 2.05) is 27.2 Å². The Hall–Kier alpha value is -1.48. The van der Waals surface area contributed by atoms with Crippen molar-refractivity contribution in [2.24, 2.45) is 0 Å². The van der Waals surface area contributed by atoms with Gasteiger partial charge in [0.25, 0.3) is 0 Å². The molecule has 2 aromatic rings. The van der Waals surface area contributed by atoms with Crippen molar-refractivity contribution in [2.75, 3.05) is 27.6 Å². The maximum Gasteiger partial charge on any atom is 0.0928 e. The number of aromatic amines is 1. The van der Waals surface area contributed by atoms with Crippen molar-refractivity contribution in [3.63, 3.8) is 0 Å². The lowest BCUT2D eigenvalue weighted by Crippen LogP contribution is -2.36. The monoisotopic (exact) mass is 220 g/mol. The summed E-state index contributed by atoms with van der Waals surface area (Å²) in [6.07, 6.45) is 1.95. The minimum absolute atomic E-state index is 0.0547. The van der Waals surface area contributed by atoms with Gasteiger partial charge in [-0.25, -0.2) is 0 Å². The number of aryl methyl sites for hydroxylation is 1. The van der Waals surface area contributed by atoms with E-state index in [1.54, 1.807) is 12.3 Å². The van der Waals surface area contributed by atoms with Crippen LogP contribution in [0.25, 0.3) is 10.9 Å². The van der Waals surface area contributed by atoms with E-state index in [9.17, 15) is 5.11 Å². The highest BCUT2D eigenvalue weighted by molar-refractivity contribution is 5.88. The fourth-order valence-corrected chi connectivity index (χ4v) is 1.68. The van der Waals surface area contributed by atoms with Crippen LogP contribution in [-0.4, -0.2) is 37.1 Å². The average molecular weight is 220 g/mol. The molecule has 0 bridgehead atoms. The molecule has 1 N–H and O–H groups in total. The van der Waals surface area contributed by atoms with Crippen molar-refractivity contribution in [3.05, 3.63) is 30.0 Å². The molecular formula is C13H18N2O. The molecule has 0 aliphatic heterocycles. The highest BCUT2D eigenvalue weighted by Gasteiger charge is 2.10. The van der Waals surface area contributed by atoms with E-state index >= 15 is 0 Å². The topological polar surface area (TPSA) is 38.8 Å². The van der Waals surface area contributed by atoms with Crippen LogP contribution < -0.4 is 5.11 Å². The maximum absolute atomic E-state index is 11.8. The van der Waals surface area contributed by atoms with Gasteiger partial charge >= 0.3 is 0 Å². The standard InChI is InChI=1S/C13H18N2O/c1-15(2,3)8-7-10-9-14-11-5-4-6-12(16)13(10)11/h4-6,9,14H,7-8H2,1-3H3/i8D2. The van der Waals surface area contributed by atoms with E-state index in [0.29, 0.717) is 5.39 Å². The molecule has 0 spiro atoms. The lowest BCUT2D eigenvalue weighted by molar-refractivity contribution is -0.870. The van der Waals surface area contributed by atoms with E-state index in [-0.39, 0.29) is 16.7 Å². The summed E-state index contributed by atoms with van der Waals surface area (Å²) in [5.74, 6) is -0.0547. The van der Waals surface area contributed by atoms with Crippen LogP contribution in [0.5, 0.6) is 5.75 Å². The Balaban J connectivity index is 2.45. The molecule has 0 saturated heterocycles. The predicted molar refractivity (Wildman–Crippen MR) is 64.3 cm³/mol. The number of nitrogens with zero attached hydrogens (tertiary/aromatic N) is 1. The average Bonchev–Trinajstić information content (AvgIpc) is 2.60. The first-order valence-corrected chi connectivity index (χ1v) is 5.30. The summed E-state index contributed by atoms with van der Waals surface area (Å²) in [5, 5.41) is 12.5. The Morgan fingerprint density at radius 2 is 2.12 bits per heavy atom. The first-order valence-electron chi connectivity index (χ1n) is 6.30. The van der Waals surface area contributed by atoms with Gasteiger partial charge in [-0.05, 0) is 17.0 Å². The summed E-state index contributed by atoms with van der Waals surface area (Å²) in [5.41, 5.74) is 1.52. The molecule has 0 aliphatic carbocycles. The van der Waals surface area contributed by atoms with Gasteiger partial charge in [-0.2, -0.15) is 0 Å². The zero-order valence-corrected chi connectivity index (χ0v) is 9.87. The largest absolute Gasteiger partial charge is 0.872 e. The number of H-pyrrole nitrogens is 1. The number of aromatic nitrogens is 1. The molecule has 0 amide bonds. The summed E-state index contributed by atoms with van der Waals surface area (Å²) in [6.45, 7) is -1.42. The van der Waals surface area contributed by atoms with Crippen LogP contribution in [0.1, 0.15) is 8.30 Å². The summed E-state index contributed by atoms with van der Waals surface area (Å²) in [6, 6.07) is 5.06. The van der Waals surface area contributed by atoms with Gasteiger partial charge in [-0.15, -0.1) is 0 Å². The fourth-order valence-electron chi connectivity index (χ4n) is 1.68. The van der Waals surface area contributed by atoms with Crippen molar-refractivity contribution < 1.29 is 12.3 Å². The van der Waals surface area contributed by atoms with Crippen LogP contribution >= 0.6 is 0 Å². The van der Waals surface area contributed by atoms with Gasteiger partial charge in [-0.3, -0.25) is 0 Å². The molecule has 1 heterocycles. The van der Waals surface area contributed by atoms with Gasteiger partial charge in [0.2, 0.25) is 0 Å². The quantitative estimate of drug-likeness (QED) is 0.782. The maximum atomic E-state index is 11.8. The number of quaternary nitrogens is 1. The van der Waals surface area contributed by atoms with Crippen LogP contribution in [0.4, 0.5) is 0 Å². The number of nitrogens with one attached hydrogen (secondary N) is 1. The number of likely N-dealkylation sites (N-methyl/N-ethyl adjacent to an activating group) is 1. The molecule has 0 aliphatic rings. The SMILES string of the molecule is [2H]C([2H])(Cc1c[nH]c2cccc([O-])c12)[N+](C)(C)C. The summed E-state index contributed by atoms with van der Waals surface area (Å²) < 4.78 is 16.4. The molecule has 0 radical (unpaired) electrons. The third kappa shape index (κ3) is 2.19. The summed E-state index contributed by atoms with van der Waals surface area (Å²) in [4.78, 5) is 3.03. The Bertz CT molecular complexity index is 570. The number of rotatable bonds is 3. The first-order chi connectivity index (χ1) is 8.22. The normalized spacial score (nSPS) is 14.9. The van der Waals surface area contributed by atoms with Crippen molar-refractivity contribution in [1.82, 2.24) is 4.98 Å². The van der Waals surface area contributed by atoms with Gasteiger partial charge in [0.05, 0.1) is 30.4 Å². The van der Waals surface area contributed by atoms with Crippen LogP contribution in [0.2, 0.25) is 0 Å². The molecule has 0 saturated carbocycles. The van der Waals surface area contributed by atoms with E-state index in [1.165, 1.54) is 6.07 Å². The zero-order valence-electron chi connectivity index (χ0n) is 11.9. The molecule has 16 heavy (non-hydrogen) atoms. The van der Waals surface area contributed by atoms with Gasteiger partial charge in [-0.1, -0.05) is 17.9 Å². The van der Waals surface area contributed by atoms with Crippen molar-refractivity contribution in [1.29, 1.82) is 0 Å². The summed E-state index contributed by atoms with van der Waals surface area (Å²) in [7, 11) is 5.44. The lowest BCUT2D eigenvalue weighted by atomic mass is 10.1. The van der Waals surface area contributed by atoms with Crippen LogP contribution in [0.15, 0.2) is 24.4 Å². The molecule has 3 nitrogen and oxygen atoms in total. The predicted octanol–water partition coefficient (Wildman–Crippen LogP) is 1.49. The van der Waals surface area contributed by atoms with Gasteiger partial charge in [0.15, 0.2) is 0 Å². The number of hydrogen-bond acceptors (Lipinski definition) is 1. The number of benzene rings is 1. The smallest absolute Gasteiger partial charge is 0.0928 e. The lowest BCUT2D eigenvalue weighted by Gasteiger charge is -2.23. The Kier molecular flexibility index (Phi) is 2.07. The van der Waals surface area contributed by atoms with Crippen molar-refractivity contribution in [3.8, 4) is 5.75 Å². The highest BCUT2D eigenvalue weighted by Crippen LogP contribution is 2.26. The van der Waals surface area contributed by atoms with E-state index in [2.05, 4.69) is 4.98 Å². The van der Waals surface area contributed by atoms with Gasteiger partial charge in [0, 0.05) is 18.1 Å². The Labute approximate surface area is 98.7 Å². The van der Waals surface area contributed by atoms with Gasteiger partial charge in [0.1, 0.15) is 0 Å². The molecule has 2 rings (SSSR count).